The SMILES string of the molecule is Cc1ccccc1-n1c(=O)[nH]c2cc(F)ccc2c1=O. The summed E-state index contributed by atoms with van der Waals surface area (Å²) in [6.45, 7) is 1.82. The van der Waals surface area contributed by atoms with Gasteiger partial charge in [-0.1, -0.05) is 18.2 Å². The Balaban J connectivity index is 2.44. The minimum atomic E-state index is -0.581. The van der Waals surface area contributed by atoms with E-state index in [1.807, 2.05) is 19.1 Å². The maximum absolute atomic E-state index is 13.2. The predicted molar refractivity (Wildman–Crippen MR) is 74.9 cm³/mol. The molecule has 0 atom stereocenters. The van der Waals surface area contributed by atoms with Crippen LogP contribution in [-0.4, -0.2) is 9.55 Å². The summed E-state index contributed by atoms with van der Waals surface area (Å²) in [6, 6.07) is 10.8. The molecule has 1 heterocycles. The zero-order valence-electron chi connectivity index (χ0n) is 10.7. The number of hydrogen-bond donors (Lipinski definition) is 1. The van der Waals surface area contributed by atoms with Gasteiger partial charge in [-0.2, -0.15) is 0 Å². The van der Waals surface area contributed by atoms with Gasteiger partial charge in [0.25, 0.3) is 5.56 Å². The summed E-state index contributed by atoms with van der Waals surface area (Å²) >= 11 is 0. The van der Waals surface area contributed by atoms with Crippen molar-refractivity contribution in [3.05, 3.63) is 74.7 Å². The average Bonchev–Trinajstić information content (AvgIpc) is 2.40. The van der Waals surface area contributed by atoms with Crippen molar-refractivity contribution in [3.8, 4) is 5.69 Å². The Hall–Kier alpha value is -2.69. The van der Waals surface area contributed by atoms with Crippen molar-refractivity contribution in [2.75, 3.05) is 0 Å². The van der Waals surface area contributed by atoms with E-state index in [0.717, 1.165) is 16.2 Å². The molecule has 0 saturated carbocycles. The molecule has 20 heavy (non-hydrogen) atoms. The monoisotopic (exact) mass is 270 g/mol. The van der Waals surface area contributed by atoms with Gasteiger partial charge in [-0.3, -0.25) is 4.79 Å². The molecule has 1 aromatic heterocycles. The number of aromatic amines is 1. The quantitative estimate of drug-likeness (QED) is 0.736. The highest BCUT2D eigenvalue weighted by molar-refractivity contribution is 5.77. The van der Waals surface area contributed by atoms with Gasteiger partial charge < -0.3 is 4.98 Å². The topological polar surface area (TPSA) is 54.9 Å². The molecule has 0 aliphatic carbocycles. The van der Waals surface area contributed by atoms with E-state index in [1.54, 1.807) is 12.1 Å². The molecule has 0 fully saturated rings. The Kier molecular flexibility index (Phi) is 2.75. The third-order valence-corrected chi connectivity index (χ3v) is 3.22. The molecule has 0 unspecified atom stereocenters. The van der Waals surface area contributed by atoms with Crippen LogP contribution in [0, 0.1) is 12.7 Å². The smallest absolute Gasteiger partial charge is 0.306 e. The highest BCUT2D eigenvalue weighted by atomic mass is 19.1. The van der Waals surface area contributed by atoms with Crippen LogP contribution in [-0.2, 0) is 0 Å². The fourth-order valence-corrected chi connectivity index (χ4v) is 2.22. The van der Waals surface area contributed by atoms with Crippen LogP contribution in [0.2, 0.25) is 0 Å². The molecule has 100 valence electrons. The maximum atomic E-state index is 13.2. The molecule has 0 aliphatic heterocycles. The van der Waals surface area contributed by atoms with E-state index in [9.17, 15) is 14.0 Å². The Morgan fingerprint density at radius 3 is 2.60 bits per heavy atom. The molecule has 0 spiro atoms. The Morgan fingerprint density at radius 1 is 1.10 bits per heavy atom. The van der Waals surface area contributed by atoms with Gasteiger partial charge >= 0.3 is 5.69 Å². The summed E-state index contributed by atoms with van der Waals surface area (Å²) in [4.78, 5) is 27.1. The number of aryl methyl sites for hydroxylation is 1. The lowest BCUT2D eigenvalue weighted by Crippen LogP contribution is -2.34. The van der Waals surface area contributed by atoms with Gasteiger partial charge in [-0.05, 0) is 36.8 Å². The summed E-state index contributed by atoms with van der Waals surface area (Å²) in [5.74, 6) is -0.499. The lowest BCUT2D eigenvalue weighted by molar-refractivity contribution is 0.629. The van der Waals surface area contributed by atoms with Crippen LogP contribution in [0.3, 0.4) is 0 Å². The molecule has 4 nitrogen and oxygen atoms in total. The Bertz CT molecular complexity index is 925. The molecule has 0 radical (unpaired) electrons. The molecule has 3 aromatic rings. The first-order valence-electron chi connectivity index (χ1n) is 6.08. The Morgan fingerprint density at radius 2 is 1.85 bits per heavy atom. The molecular formula is C15H11FN2O2. The zero-order valence-corrected chi connectivity index (χ0v) is 10.7. The third kappa shape index (κ3) is 1.84. The molecule has 0 aliphatic rings. The van der Waals surface area contributed by atoms with E-state index in [4.69, 9.17) is 0 Å². The molecule has 5 heteroatoms. The number of fused-ring (bicyclic) bond motifs is 1. The fraction of sp³-hybridized carbons (Fsp3) is 0.0667. The van der Waals surface area contributed by atoms with Crippen LogP contribution in [0.15, 0.2) is 52.1 Å². The minimum absolute atomic E-state index is 0.199. The van der Waals surface area contributed by atoms with E-state index >= 15 is 0 Å². The largest absolute Gasteiger partial charge is 0.333 e. The van der Waals surface area contributed by atoms with Crippen LogP contribution in [0.25, 0.3) is 16.6 Å². The van der Waals surface area contributed by atoms with E-state index in [0.29, 0.717) is 5.69 Å². The van der Waals surface area contributed by atoms with Crippen LogP contribution in [0.5, 0.6) is 0 Å². The van der Waals surface area contributed by atoms with Crippen LogP contribution in [0.1, 0.15) is 5.56 Å². The Labute approximate surface area is 113 Å². The van der Waals surface area contributed by atoms with Crippen LogP contribution in [0.4, 0.5) is 4.39 Å². The van der Waals surface area contributed by atoms with Gasteiger partial charge in [0.15, 0.2) is 0 Å². The minimum Gasteiger partial charge on any atom is -0.306 e. The van der Waals surface area contributed by atoms with E-state index < -0.39 is 17.1 Å². The summed E-state index contributed by atoms with van der Waals surface area (Å²) < 4.78 is 14.2. The molecule has 0 amide bonds. The van der Waals surface area contributed by atoms with Gasteiger partial charge in [0.05, 0.1) is 16.6 Å². The van der Waals surface area contributed by atoms with Crippen molar-refractivity contribution in [3.63, 3.8) is 0 Å². The standard InChI is InChI=1S/C15H11FN2O2/c1-9-4-2-3-5-13(9)18-14(19)11-7-6-10(16)8-12(11)17-15(18)20/h2-8H,1H3,(H,17,20). The van der Waals surface area contributed by atoms with Gasteiger partial charge in [-0.15, -0.1) is 0 Å². The summed E-state index contributed by atoms with van der Waals surface area (Å²) in [5.41, 5.74) is 0.483. The number of H-pyrrole nitrogens is 1. The first-order valence-corrected chi connectivity index (χ1v) is 6.08. The maximum Gasteiger partial charge on any atom is 0.333 e. The van der Waals surface area contributed by atoms with E-state index in [2.05, 4.69) is 4.98 Å². The molecule has 0 saturated heterocycles. The zero-order chi connectivity index (χ0) is 14.3. The third-order valence-electron chi connectivity index (χ3n) is 3.22. The number of aromatic nitrogens is 2. The van der Waals surface area contributed by atoms with Crippen molar-refractivity contribution in [2.24, 2.45) is 0 Å². The van der Waals surface area contributed by atoms with Crippen molar-refractivity contribution in [1.29, 1.82) is 0 Å². The number of rotatable bonds is 1. The van der Waals surface area contributed by atoms with Gasteiger partial charge in [0.1, 0.15) is 5.82 Å². The van der Waals surface area contributed by atoms with E-state index in [1.165, 1.54) is 12.1 Å². The lowest BCUT2D eigenvalue weighted by Gasteiger charge is -2.08. The average molecular weight is 270 g/mol. The first-order chi connectivity index (χ1) is 9.58. The van der Waals surface area contributed by atoms with Crippen LogP contribution < -0.4 is 11.2 Å². The van der Waals surface area contributed by atoms with Crippen molar-refractivity contribution in [1.82, 2.24) is 9.55 Å². The molecular weight excluding hydrogens is 259 g/mol. The molecule has 1 N–H and O–H groups in total. The molecule has 0 bridgehead atoms. The number of hydrogen-bond acceptors (Lipinski definition) is 2. The van der Waals surface area contributed by atoms with Gasteiger partial charge in [0.2, 0.25) is 0 Å². The molecule has 3 rings (SSSR count). The van der Waals surface area contributed by atoms with Gasteiger partial charge in [0, 0.05) is 0 Å². The second kappa shape index (κ2) is 4.45. The highest BCUT2D eigenvalue weighted by Crippen LogP contribution is 2.12. The summed E-state index contributed by atoms with van der Waals surface area (Å²) in [5, 5.41) is 0.272. The number of para-hydroxylation sites is 1. The van der Waals surface area contributed by atoms with Gasteiger partial charge in [-0.25, -0.2) is 13.8 Å². The number of halogens is 1. The normalized spacial score (nSPS) is 10.9. The van der Waals surface area contributed by atoms with Crippen molar-refractivity contribution >= 4 is 10.9 Å². The lowest BCUT2D eigenvalue weighted by atomic mass is 10.2. The van der Waals surface area contributed by atoms with Crippen LogP contribution >= 0.6 is 0 Å². The summed E-state index contributed by atoms with van der Waals surface area (Å²) in [7, 11) is 0. The second-order valence-electron chi connectivity index (χ2n) is 4.55. The second-order valence-corrected chi connectivity index (χ2v) is 4.55. The fourth-order valence-electron chi connectivity index (χ4n) is 2.22. The van der Waals surface area contributed by atoms with Crippen molar-refractivity contribution < 1.29 is 4.39 Å². The number of benzene rings is 2. The summed E-state index contributed by atoms with van der Waals surface area (Å²) in [6.07, 6.45) is 0. The number of nitrogens with zero attached hydrogens (tertiary/aromatic N) is 1. The van der Waals surface area contributed by atoms with E-state index in [-0.39, 0.29) is 10.9 Å². The number of nitrogens with one attached hydrogen (secondary N) is 1. The molecule has 2 aromatic carbocycles. The predicted octanol–water partition coefficient (Wildman–Crippen LogP) is 2.13. The highest BCUT2D eigenvalue weighted by Gasteiger charge is 2.11. The first kappa shape index (κ1) is 12.3. The van der Waals surface area contributed by atoms with Crippen molar-refractivity contribution in [2.45, 2.75) is 6.92 Å².